The lowest BCUT2D eigenvalue weighted by Crippen LogP contribution is -2.54. The first-order chi connectivity index (χ1) is 12.5. The molecule has 3 atom stereocenters. The van der Waals surface area contributed by atoms with Gasteiger partial charge < -0.3 is 20.3 Å². The Bertz CT molecular complexity index is 672. The van der Waals surface area contributed by atoms with Gasteiger partial charge in [-0.25, -0.2) is 0 Å². The number of hydrogen-bond acceptors (Lipinski definition) is 4. The second kappa shape index (κ2) is 8.36. The van der Waals surface area contributed by atoms with Gasteiger partial charge >= 0.3 is 0 Å². The summed E-state index contributed by atoms with van der Waals surface area (Å²) in [5.74, 6) is 0.155. The molecule has 2 aliphatic rings. The van der Waals surface area contributed by atoms with E-state index in [4.69, 9.17) is 4.74 Å². The van der Waals surface area contributed by atoms with E-state index in [1.807, 2.05) is 49.3 Å². The first-order valence-corrected chi connectivity index (χ1v) is 9.19. The molecule has 0 aromatic heterocycles. The lowest BCUT2D eigenvalue weighted by Gasteiger charge is -2.39. The number of carbonyl (C=O) groups excluding carboxylic acids is 2. The van der Waals surface area contributed by atoms with Gasteiger partial charge in [-0.1, -0.05) is 30.3 Å². The van der Waals surface area contributed by atoms with Gasteiger partial charge in [0.15, 0.2) is 5.76 Å². The van der Waals surface area contributed by atoms with E-state index in [0.29, 0.717) is 18.7 Å². The van der Waals surface area contributed by atoms with Gasteiger partial charge in [-0.15, -0.1) is 0 Å². The number of fused-ring (bicyclic) bond motifs is 1. The van der Waals surface area contributed by atoms with Crippen molar-refractivity contribution in [3.63, 3.8) is 0 Å². The predicted octanol–water partition coefficient (Wildman–Crippen LogP) is 1.39. The van der Waals surface area contributed by atoms with Gasteiger partial charge in [0, 0.05) is 19.0 Å². The molecule has 1 aromatic carbocycles. The zero-order valence-corrected chi connectivity index (χ0v) is 15.4. The summed E-state index contributed by atoms with van der Waals surface area (Å²) in [6.07, 6.45) is 3.88. The lowest BCUT2D eigenvalue weighted by atomic mass is 9.82. The number of amides is 2. The largest absolute Gasteiger partial charge is 0.483 e. The topological polar surface area (TPSA) is 70.7 Å². The molecule has 0 spiro atoms. The zero-order valence-electron chi connectivity index (χ0n) is 15.4. The number of carbonyl (C=O) groups is 2. The molecule has 1 aliphatic carbocycles. The van der Waals surface area contributed by atoms with Crippen molar-refractivity contribution in [3.05, 3.63) is 41.7 Å². The average Bonchev–Trinajstić information content (AvgIpc) is 2.62. The summed E-state index contributed by atoms with van der Waals surface area (Å²) in [5, 5.41) is 6.01. The molecule has 1 saturated carbocycles. The quantitative estimate of drug-likeness (QED) is 0.782. The van der Waals surface area contributed by atoms with Crippen molar-refractivity contribution >= 4 is 17.9 Å². The van der Waals surface area contributed by atoms with E-state index < -0.39 is 0 Å². The van der Waals surface area contributed by atoms with Crippen LogP contribution in [0.1, 0.15) is 24.8 Å². The van der Waals surface area contributed by atoms with Crippen molar-refractivity contribution in [3.8, 4) is 0 Å². The molecule has 1 aromatic rings. The number of ether oxygens (including phenoxy) is 1. The minimum absolute atomic E-state index is 0.0616. The maximum Gasteiger partial charge on any atom is 0.286 e. The van der Waals surface area contributed by atoms with Crippen LogP contribution < -0.4 is 10.6 Å². The first-order valence-electron chi connectivity index (χ1n) is 9.19. The Morgan fingerprint density at radius 2 is 2.08 bits per heavy atom. The van der Waals surface area contributed by atoms with Crippen LogP contribution in [-0.4, -0.2) is 56.0 Å². The summed E-state index contributed by atoms with van der Waals surface area (Å²) in [6, 6.07) is 9.56. The predicted molar refractivity (Wildman–Crippen MR) is 100 cm³/mol. The highest BCUT2D eigenvalue weighted by Gasteiger charge is 2.40. The normalized spacial score (nSPS) is 26.8. The summed E-state index contributed by atoms with van der Waals surface area (Å²) in [6.45, 7) is 1.46. The summed E-state index contributed by atoms with van der Waals surface area (Å²) < 4.78 is 5.96. The van der Waals surface area contributed by atoms with Crippen molar-refractivity contribution in [2.75, 3.05) is 27.2 Å². The highest BCUT2D eigenvalue weighted by Crippen LogP contribution is 2.31. The van der Waals surface area contributed by atoms with Gasteiger partial charge in [-0.3, -0.25) is 9.59 Å². The van der Waals surface area contributed by atoms with E-state index in [-0.39, 0.29) is 29.9 Å². The molecule has 1 saturated heterocycles. The number of nitrogens with one attached hydrogen (secondary N) is 2. The van der Waals surface area contributed by atoms with Crippen LogP contribution in [0.3, 0.4) is 0 Å². The molecule has 1 heterocycles. The monoisotopic (exact) mass is 357 g/mol. The molecule has 6 nitrogen and oxygen atoms in total. The Hall–Kier alpha value is -2.34. The van der Waals surface area contributed by atoms with Crippen molar-refractivity contribution in [2.24, 2.45) is 5.92 Å². The second-order valence-electron chi connectivity index (χ2n) is 7.26. The van der Waals surface area contributed by atoms with Crippen LogP contribution >= 0.6 is 0 Å². The third kappa shape index (κ3) is 4.64. The second-order valence-corrected chi connectivity index (χ2v) is 7.26. The van der Waals surface area contributed by atoms with Gasteiger partial charge in [0.25, 0.3) is 5.91 Å². The first kappa shape index (κ1) is 18.5. The van der Waals surface area contributed by atoms with Crippen molar-refractivity contribution in [1.29, 1.82) is 0 Å². The highest BCUT2D eigenvalue weighted by atomic mass is 16.5. The minimum Gasteiger partial charge on any atom is -0.483 e. The smallest absolute Gasteiger partial charge is 0.286 e. The average molecular weight is 357 g/mol. The van der Waals surface area contributed by atoms with Crippen molar-refractivity contribution < 1.29 is 14.3 Å². The minimum atomic E-state index is -0.205. The molecule has 26 heavy (non-hydrogen) atoms. The summed E-state index contributed by atoms with van der Waals surface area (Å²) in [5.41, 5.74) is 0.935. The van der Waals surface area contributed by atoms with E-state index >= 15 is 0 Å². The molecule has 3 unspecified atom stereocenters. The Morgan fingerprint density at radius 1 is 1.31 bits per heavy atom. The van der Waals surface area contributed by atoms with E-state index in [2.05, 4.69) is 10.6 Å². The Labute approximate surface area is 154 Å². The van der Waals surface area contributed by atoms with Crippen LogP contribution in [0.4, 0.5) is 0 Å². The van der Waals surface area contributed by atoms with Crippen molar-refractivity contribution in [1.82, 2.24) is 15.5 Å². The van der Waals surface area contributed by atoms with E-state index in [0.717, 1.165) is 24.9 Å². The zero-order chi connectivity index (χ0) is 18.5. The fraction of sp³-hybridized carbons (Fsp3) is 0.500. The van der Waals surface area contributed by atoms with Crippen LogP contribution in [0, 0.1) is 5.92 Å². The molecule has 2 N–H and O–H groups in total. The number of rotatable bonds is 5. The van der Waals surface area contributed by atoms with Crippen LogP contribution in [-0.2, 0) is 14.3 Å². The van der Waals surface area contributed by atoms with E-state index in [9.17, 15) is 9.59 Å². The third-order valence-electron chi connectivity index (χ3n) is 4.93. The maximum absolute atomic E-state index is 12.4. The van der Waals surface area contributed by atoms with Gasteiger partial charge in [-0.05, 0) is 45.0 Å². The molecular weight excluding hydrogens is 330 g/mol. The van der Waals surface area contributed by atoms with Gasteiger partial charge in [0.05, 0.1) is 6.04 Å². The summed E-state index contributed by atoms with van der Waals surface area (Å²) in [4.78, 5) is 26.7. The Kier molecular flexibility index (Phi) is 5.93. The third-order valence-corrected chi connectivity index (χ3v) is 4.93. The fourth-order valence-corrected chi connectivity index (χ4v) is 3.48. The molecular formula is C20H27N3O3. The molecule has 140 valence electrons. The van der Waals surface area contributed by atoms with E-state index in [1.165, 1.54) is 0 Å². The lowest BCUT2D eigenvalue weighted by molar-refractivity contribution is -0.134. The molecule has 6 heteroatoms. The standard InChI is InChI=1S/C20H27N3O3/c1-23(2)11-10-21-19(24)15-8-9-17-16(13-15)22-20(25)18(26-17)12-14-6-4-3-5-7-14/h3-7,12,15-17H,8-11,13H2,1-2H3,(H,21,24)(H,22,25)/b18-12+. The summed E-state index contributed by atoms with van der Waals surface area (Å²) >= 11 is 0. The Balaban J connectivity index is 1.57. The van der Waals surface area contributed by atoms with E-state index in [1.54, 1.807) is 6.08 Å². The highest BCUT2D eigenvalue weighted by molar-refractivity contribution is 5.96. The SMILES string of the molecule is CN(C)CCNC(=O)C1CCC2O/C(=C/c3ccccc3)C(=O)NC2C1. The molecule has 1 aliphatic heterocycles. The number of hydrogen-bond donors (Lipinski definition) is 2. The number of benzene rings is 1. The molecule has 2 fully saturated rings. The van der Waals surface area contributed by atoms with Gasteiger partial charge in [-0.2, -0.15) is 0 Å². The fourth-order valence-electron chi connectivity index (χ4n) is 3.48. The van der Waals surface area contributed by atoms with Crippen LogP contribution in [0.25, 0.3) is 6.08 Å². The van der Waals surface area contributed by atoms with Gasteiger partial charge in [0.2, 0.25) is 5.91 Å². The molecule has 3 rings (SSSR count). The Morgan fingerprint density at radius 3 is 2.81 bits per heavy atom. The van der Waals surface area contributed by atoms with Crippen LogP contribution in [0.15, 0.2) is 36.1 Å². The van der Waals surface area contributed by atoms with Crippen molar-refractivity contribution in [2.45, 2.75) is 31.4 Å². The molecule has 2 amide bonds. The summed E-state index contributed by atoms with van der Waals surface area (Å²) in [7, 11) is 3.96. The van der Waals surface area contributed by atoms with Gasteiger partial charge in [0.1, 0.15) is 6.10 Å². The molecule has 0 bridgehead atoms. The number of nitrogens with zero attached hydrogens (tertiary/aromatic N) is 1. The number of morpholine rings is 1. The van der Waals surface area contributed by atoms with Crippen LogP contribution in [0.2, 0.25) is 0 Å². The van der Waals surface area contributed by atoms with Crippen LogP contribution in [0.5, 0.6) is 0 Å². The number of likely N-dealkylation sites (N-methyl/N-ethyl adjacent to an activating group) is 1. The molecule has 0 radical (unpaired) electrons. The maximum atomic E-state index is 12.4.